The number of aromatic nitrogens is 3. The average molecular weight is 407 g/mol. The van der Waals surface area contributed by atoms with Gasteiger partial charge in [0.2, 0.25) is 5.91 Å². The van der Waals surface area contributed by atoms with Gasteiger partial charge in [0.15, 0.2) is 5.65 Å². The molecule has 0 atom stereocenters. The highest BCUT2D eigenvalue weighted by molar-refractivity contribution is 6.35. The van der Waals surface area contributed by atoms with Crippen LogP contribution in [0.4, 0.5) is 0 Å². The predicted molar refractivity (Wildman–Crippen MR) is 108 cm³/mol. The summed E-state index contributed by atoms with van der Waals surface area (Å²) in [5, 5.41) is 3.86. The standard InChI is InChI=1S/C19H20Cl2N4O2/c1-3-4-5-22-17(26)11-25-18-16(24(2)19(25)27)8-13(10-23-18)12-6-14(20)9-15(21)7-12/h6-10H,3-5,11H2,1-2H3,(H,22,26). The van der Waals surface area contributed by atoms with Gasteiger partial charge in [0.25, 0.3) is 0 Å². The van der Waals surface area contributed by atoms with E-state index in [1.807, 2.05) is 6.07 Å². The van der Waals surface area contributed by atoms with E-state index in [0.29, 0.717) is 27.8 Å². The number of carbonyl (C=O) groups is 1. The van der Waals surface area contributed by atoms with Crippen LogP contribution < -0.4 is 11.0 Å². The van der Waals surface area contributed by atoms with Gasteiger partial charge in [-0.25, -0.2) is 9.78 Å². The summed E-state index contributed by atoms with van der Waals surface area (Å²) >= 11 is 12.2. The van der Waals surface area contributed by atoms with Crippen LogP contribution in [0.3, 0.4) is 0 Å². The molecule has 1 aromatic carbocycles. The minimum Gasteiger partial charge on any atom is -0.355 e. The highest BCUT2D eigenvalue weighted by atomic mass is 35.5. The molecule has 0 fully saturated rings. The number of benzene rings is 1. The molecule has 0 bridgehead atoms. The van der Waals surface area contributed by atoms with Gasteiger partial charge in [-0.1, -0.05) is 36.5 Å². The van der Waals surface area contributed by atoms with Gasteiger partial charge in [0.1, 0.15) is 6.54 Å². The monoisotopic (exact) mass is 406 g/mol. The van der Waals surface area contributed by atoms with Crippen molar-refractivity contribution in [2.24, 2.45) is 7.05 Å². The Morgan fingerprint density at radius 2 is 1.85 bits per heavy atom. The number of aryl methyl sites for hydroxylation is 1. The third kappa shape index (κ3) is 4.17. The summed E-state index contributed by atoms with van der Waals surface area (Å²) in [5.41, 5.74) is 2.40. The Kier molecular flexibility index (Phi) is 5.87. The minimum absolute atomic E-state index is 0.0603. The summed E-state index contributed by atoms with van der Waals surface area (Å²) in [4.78, 5) is 29.1. The van der Waals surface area contributed by atoms with Gasteiger partial charge in [0.05, 0.1) is 5.52 Å². The van der Waals surface area contributed by atoms with Crippen molar-refractivity contribution in [2.45, 2.75) is 26.3 Å². The van der Waals surface area contributed by atoms with Gasteiger partial charge >= 0.3 is 5.69 Å². The number of unbranched alkanes of at least 4 members (excludes halogenated alkanes) is 1. The number of rotatable bonds is 6. The molecule has 142 valence electrons. The number of fused-ring (bicyclic) bond motifs is 1. The predicted octanol–water partition coefficient (Wildman–Crippen LogP) is 3.63. The van der Waals surface area contributed by atoms with E-state index in [4.69, 9.17) is 23.2 Å². The number of nitrogens with one attached hydrogen (secondary N) is 1. The molecule has 1 amide bonds. The first-order valence-electron chi connectivity index (χ1n) is 8.69. The van der Waals surface area contributed by atoms with E-state index in [1.54, 1.807) is 31.4 Å². The quantitative estimate of drug-likeness (QED) is 0.635. The lowest BCUT2D eigenvalue weighted by Crippen LogP contribution is -2.33. The smallest absolute Gasteiger partial charge is 0.330 e. The van der Waals surface area contributed by atoms with Crippen molar-refractivity contribution in [1.29, 1.82) is 0 Å². The second kappa shape index (κ2) is 8.15. The summed E-state index contributed by atoms with van der Waals surface area (Å²) < 4.78 is 2.86. The van der Waals surface area contributed by atoms with Gasteiger partial charge in [-0.2, -0.15) is 0 Å². The molecule has 6 nitrogen and oxygen atoms in total. The highest BCUT2D eigenvalue weighted by Crippen LogP contribution is 2.28. The minimum atomic E-state index is -0.288. The van der Waals surface area contributed by atoms with E-state index in [2.05, 4.69) is 17.2 Å². The molecule has 0 aliphatic heterocycles. The third-order valence-electron chi connectivity index (χ3n) is 4.33. The first-order valence-corrected chi connectivity index (χ1v) is 9.44. The number of hydrogen-bond donors (Lipinski definition) is 1. The van der Waals surface area contributed by atoms with Gasteiger partial charge in [-0.3, -0.25) is 13.9 Å². The number of carbonyl (C=O) groups excluding carboxylic acids is 1. The molecule has 3 rings (SSSR count). The number of amides is 1. The lowest BCUT2D eigenvalue weighted by atomic mass is 10.1. The summed E-state index contributed by atoms with van der Waals surface area (Å²) in [6.07, 6.45) is 3.54. The Hall–Kier alpha value is -2.31. The summed E-state index contributed by atoms with van der Waals surface area (Å²) in [6, 6.07) is 7.07. The maximum absolute atomic E-state index is 12.6. The molecule has 0 aliphatic rings. The van der Waals surface area contributed by atoms with Crippen LogP contribution in [0.25, 0.3) is 22.3 Å². The molecular weight excluding hydrogens is 387 g/mol. The number of pyridine rings is 1. The van der Waals surface area contributed by atoms with E-state index in [0.717, 1.165) is 24.0 Å². The third-order valence-corrected chi connectivity index (χ3v) is 4.77. The van der Waals surface area contributed by atoms with E-state index in [-0.39, 0.29) is 18.1 Å². The SMILES string of the molecule is CCCCNC(=O)Cn1c(=O)n(C)c2cc(-c3cc(Cl)cc(Cl)c3)cnc21. The Balaban J connectivity index is 1.98. The molecular formula is C19H20Cl2N4O2. The van der Waals surface area contributed by atoms with Crippen LogP contribution >= 0.6 is 23.2 Å². The van der Waals surface area contributed by atoms with Crippen LogP contribution in [0.15, 0.2) is 35.3 Å². The van der Waals surface area contributed by atoms with Crippen molar-refractivity contribution in [3.05, 3.63) is 51.0 Å². The first-order chi connectivity index (χ1) is 12.9. The van der Waals surface area contributed by atoms with Gasteiger partial charge in [-0.05, 0) is 36.2 Å². The van der Waals surface area contributed by atoms with Crippen LogP contribution in [-0.2, 0) is 18.4 Å². The molecule has 8 heteroatoms. The van der Waals surface area contributed by atoms with Crippen molar-refractivity contribution >= 4 is 40.3 Å². The normalized spacial score (nSPS) is 11.1. The maximum atomic E-state index is 12.6. The van der Waals surface area contributed by atoms with Crippen LogP contribution in [0, 0.1) is 0 Å². The van der Waals surface area contributed by atoms with Crippen molar-refractivity contribution in [1.82, 2.24) is 19.4 Å². The molecule has 0 unspecified atom stereocenters. The summed E-state index contributed by atoms with van der Waals surface area (Å²) in [7, 11) is 1.66. The molecule has 0 spiro atoms. The fraction of sp³-hybridized carbons (Fsp3) is 0.316. The summed E-state index contributed by atoms with van der Waals surface area (Å²) in [5.74, 6) is -0.203. The topological polar surface area (TPSA) is 68.9 Å². The second-order valence-electron chi connectivity index (χ2n) is 6.36. The Labute approximate surface area is 166 Å². The van der Waals surface area contributed by atoms with E-state index < -0.39 is 0 Å². The Morgan fingerprint density at radius 3 is 2.52 bits per heavy atom. The average Bonchev–Trinajstić information content (AvgIpc) is 2.86. The van der Waals surface area contributed by atoms with Crippen LogP contribution in [0.1, 0.15) is 19.8 Å². The molecule has 2 aromatic heterocycles. The van der Waals surface area contributed by atoms with Crippen molar-refractivity contribution in [2.75, 3.05) is 6.54 Å². The van der Waals surface area contributed by atoms with Gasteiger partial charge < -0.3 is 5.32 Å². The van der Waals surface area contributed by atoms with E-state index in [9.17, 15) is 9.59 Å². The number of imidazole rings is 1. The van der Waals surface area contributed by atoms with Crippen LogP contribution in [0.2, 0.25) is 10.0 Å². The lowest BCUT2D eigenvalue weighted by Gasteiger charge is -2.06. The second-order valence-corrected chi connectivity index (χ2v) is 7.23. The number of hydrogen-bond acceptors (Lipinski definition) is 3. The zero-order valence-electron chi connectivity index (χ0n) is 15.1. The molecule has 27 heavy (non-hydrogen) atoms. The van der Waals surface area contributed by atoms with E-state index >= 15 is 0 Å². The zero-order chi connectivity index (χ0) is 19.6. The molecule has 2 heterocycles. The fourth-order valence-electron chi connectivity index (χ4n) is 2.90. The number of halogens is 2. The molecule has 3 aromatic rings. The molecule has 1 N–H and O–H groups in total. The van der Waals surface area contributed by atoms with Crippen molar-refractivity contribution < 1.29 is 4.79 Å². The first kappa shape index (κ1) is 19.5. The zero-order valence-corrected chi connectivity index (χ0v) is 16.6. The van der Waals surface area contributed by atoms with Crippen molar-refractivity contribution in [3.8, 4) is 11.1 Å². The van der Waals surface area contributed by atoms with Crippen LogP contribution in [-0.4, -0.2) is 26.6 Å². The van der Waals surface area contributed by atoms with E-state index in [1.165, 1.54) is 9.13 Å². The molecule has 0 saturated heterocycles. The molecule has 0 radical (unpaired) electrons. The lowest BCUT2D eigenvalue weighted by molar-refractivity contribution is -0.121. The Morgan fingerprint density at radius 1 is 1.15 bits per heavy atom. The molecule has 0 saturated carbocycles. The highest BCUT2D eigenvalue weighted by Gasteiger charge is 2.16. The maximum Gasteiger partial charge on any atom is 0.330 e. The largest absolute Gasteiger partial charge is 0.355 e. The fourth-order valence-corrected chi connectivity index (χ4v) is 3.43. The molecule has 0 aliphatic carbocycles. The van der Waals surface area contributed by atoms with Gasteiger partial charge in [-0.15, -0.1) is 0 Å². The summed E-state index contributed by atoms with van der Waals surface area (Å²) in [6.45, 7) is 2.59. The van der Waals surface area contributed by atoms with Crippen molar-refractivity contribution in [3.63, 3.8) is 0 Å². The van der Waals surface area contributed by atoms with Crippen LogP contribution in [0.5, 0.6) is 0 Å². The Bertz CT molecular complexity index is 1040. The number of nitrogens with zero attached hydrogens (tertiary/aromatic N) is 3. The van der Waals surface area contributed by atoms with Gasteiger partial charge in [0, 0.05) is 35.4 Å².